The molecule has 0 spiro atoms. The molecule has 2 rings (SSSR count). The lowest BCUT2D eigenvalue weighted by atomic mass is 10.1. The Balaban J connectivity index is 2.27. The molecule has 0 radical (unpaired) electrons. The summed E-state index contributed by atoms with van der Waals surface area (Å²) in [6, 6.07) is 10.2. The fourth-order valence-electron chi connectivity index (χ4n) is 1.91. The van der Waals surface area contributed by atoms with Crippen molar-refractivity contribution >= 4 is 12.0 Å². The Kier molecular flexibility index (Phi) is 5.15. The molecule has 0 heterocycles. The highest BCUT2D eigenvalue weighted by molar-refractivity contribution is 5.64. The largest absolute Gasteiger partial charge is 0.454 e. The number of para-hydroxylation sites is 1. The molecular formula is C18H21FN2O. The van der Waals surface area contributed by atoms with Crippen molar-refractivity contribution in [2.24, 2.45) is 4.99 Å². The highest BCUT2D eigenvalue weighted by Gasteiger charge is 2.08. The van der Waals surface area contributed by atoms with Crippen LogP contribution in [-0.2, 0) is 0 Å². The molecule has 0 atom stereocenters. The maximum absolute atomic E-state index is 13.7. The minimum atomic E-state index is -0.369. The van der Waals surface area contributed by atoms with Crippen LogP contribution in [0.5, 0.6) is 11.5 Å². The second-order valence-corrected chi connectivity index (χ2v) is 5.25. The van der Waals surface area contributed by atoms with E-state index in [1.165, 1.54) is 6.07 Å². The molecule has 0 bridgehead atoms. The van der Waals surface area contributed by atoms with Crippen molar-refractivity contribution in [3.8, 4) is 11.5 Å². The number of benzene rings is 2. The Bertz CT molecular complexity index is 683. The molecule has 4 heteroatoms. The molecule has 0 aliphatic carbocycles. The Hall–Kier alpha value is -2.36. The van der Waals surface area contributed by atoms with Crippen LogP contribution in [0.15, 0.2) is 41.4 Å². The number of rotatable bonds is 5. The lowest BCUT2D eigenvalue weighted by Gasteiger charge is -2.13. The first-order chi connectivity index (χ1) is 10.5. The van der Waals surface area contributed by atoms with Gasteiger partial charge < -0.3 is 9.64 Å². The lowest BCUT2D eigenvalue weighted by molar-refractivity contribution is 0.439. The van der Waals surface area contributed by atoms with Crippen LogP contribution in [0.1, 0.15) is 18.1 Å². The summed E-state index contributed by atoms with van der Waals surface area (Å²) in [6.07, 6.45) is 1.80. The molecule has 0 unspecified atom stereocenters. The smallest absolute Gasteiger partial charge is 0.165 e. The Labute approximate surface area is 131 Å². The van der Waals surface area contributed by atoms with Crippen molar-refractivity contribution in [2.75, 3.05) is 13.6 Å². The Morgan fingerprint density at radius 2 is 1.86 bits per heavy atom. The summed E-state index contributed by atoms with van der Waals surface area (Å²) in [7, 11) is 1.97. The monoisotopic (exact) mass is 300 g/mol. The first-order valence-corrected chi connectivity index (χ1v) is 7.29. The minimum Gasteiger partial charge on any atom is -0.454 e. The molecule has 2 aromatic rings. The van der Waals surface area contributed by atoms with Gasteiger partial charge in [-0.1, -0.05) is 12.1 Å². The van der Waals surface area contributed by atoms with Crippen LogP contribution in [-0.4, -0.2) is 24.8 Å². The van der Waals surface area contributed by atoms with Crippen molar-refractivity contribution in [2.45, 2.75) is 20.8 Å². The van der Waals surface area contributed by atoms with Gasteiger partial charge in [0.1, 0.15) is 5.75 Å². The number of aryl methyl sites for hydroxylation is 2. The van der Waals surface area contributed by atoms with Crippen molar-refractivity contribution in [1.82, 2.24) is 4.90 Å². The average molecular weight is 300 g/mol. The van der Waals surface area contributed by atoms with Gasteiger partial charge in [-0.15, -0.1) is 0 Å². The second kappa shape index (κ2) is 7.07. The lowest BCUT2D eigenvalue weighted by Crippen LogP contribution is -2.14. The van der Waals surface area contributed by atoms with Gasteiger partial charge in [-0.3, -0.25) is 0 Å². The van der Waals surface area contributed by atoms with Crippen LogP contribution < -0.4 is 4.74 Å². The van der Waals surface area contributed by atoms with E-state index in [4.69, 9.17) is 4.74 Å². The Morgan fingerprint density at radius 1 is 1.14 bits per heavy atom. The molecule has 0 aliphatic rings. The molecule has 0 saturated carbocycles. The van der Waals surface area contributed by atoms with Gasteiger partial charge in [-0.2, -0.15) is 0 Å². The predicted octanol–water partition coefficient (Wildman–Crippen LogP) is 4.85. The third-order valence-electron chi connectivity index (χ3n) is 3.44. The number of halogens is 1. The van der Waals surface area contributed by atoms with Crippen LogP contribution in [0.4, 0.5) is 10.1 Å². The summed E-state index contributed by atoms with van der Waals surface area (Å²) in [5.41, 5.74) is 2.79. The summed E-state index contributed by atoms with van der Waals surface area (Å²) in [6.45, 7) is 6.86. The number of ether oxygens (including phenoxy) is 1. The highest BCUT2D eigenvalue weighted by atomic mass is 19.1. The molecule has 22 heavy (non-hydrogen) atoms. The van der Waals surface area contributed by atoms with Gasteiger partial charge in [0.25, 0.3) is 0 Å². The maximum Gasteiger partial charge on any atom is 0.165 e. The van der Waals surface area contributed by atoms with Crippen molar-refractivity contribution < 1.29 is 9.13 Å². The van der Waals surface area contributed by atoms with Gasteiger partial charge in [0, 0.05) is 13.6 Å². The zero-order chi connectivity index (χ0) is 16.1. The predicted molar refractivity (Wildman–Crippen MR) is 88.8 cm³/mol. The topological polar surface area (TPSA) is 24.8 Å². The number of aliphatic imine (C=N–C) groups is 1. The number of hydrogen-bond acceptors (Lipinski definition) is 2. The number of hydrogen-bond donors (Lipinski definition) is 0. The summed E-state index contributed by atoms with van der Waals surface area (Å²) < 4.78 is 19.4. The minimum absolute atomic E-state index is 0.229. The maximum atomic E-state index is 13.7. The summed E-state index contributed by atoms with van der Waals surface area (Å²) >= 11 is 0. The Morgan fingerprint density at radius 3 is 2.55 bits per heavy atom. The zero-order valence-corrected chi connectivity index (χ0v) is 13.4. The van der Waals surface area contributed by atoms with Gasteiger partial charge in [-0.25, -0.2) is 9.38 Å². The summed E-state index contributed by atoms with van der Waals surface area (Å²) in [4.78, 5) is 6.47. The molecular weight excluding hydrogens is 279 g/mol. The molecule has 3 nitrogen and oxygen atoms in total. The fraction of sp³-hybridized carbons (Fsp3) is 0.278. The van der Waals surface area contributed by atoms with Crippen LogP contribution >= 0.6 is 0 Å². The van der Waals surface area contributed by atoms with Crippen molar-refractivity contribution in [3.05, 3.63) is 53.3 Å². The van der Waals surface area contributed by atoms with Crippen LogP contribution in [0.25, 0.3) is 0 Å². The van der Waals surface area contributed by atoms with E-state index in [1.807, 2.05) is 37.9 Å². The van der Waals surface area contributed by atoms with E-state index in [9.17, 15) is 4.39 Å². The molecule has 0 fully saturated rings. The van der Waals surface area contributed by atoms with Crippen LogP contribution in [0.2, 0.25) is 0 Å². The normalized spacial score (nSPS) is 11.0. The first kappa shape index (κ1) is 16.0. The standard InChI is InChI=1S/C18H21FN2O/c1-5-21(4)12-20-16-10-14(3)18(11-13(16)2)22-17-9-7-6-8-15(17)19/h6-12H,5H2,1-4H3. The van der Waals surface area contributed by atoms with Gasteiger partial charge in [0.05, 0.1) is 12.0 Å². The van der Waals surface area contributed by atoms with Crippen LogP contribution in [0.3, 0.4) is 0 Å². The fourth-order valence-corrected chi connectivity index (χ4v) is 1.91. The molecule has 116 valence electrons. The van der Waals surface area contributed by atoms with E-state index in [0.29, 0.717) is 5.75 Å². The van der Waals surface area contributed by atoms with Crippen molar-refractivity contribution in [3.63, 3.8) is 0 Å². The van der Waals surface area contributed by atoms with Crippen LogP contribution in [0, 0.1) is 19.7 Å². The SMILES string of the molecule is CCN(C)C=Nc1cc(C)c(Oc2ccccc2F)cc1C. The molecule has 0 aromatic heterocycles. The number of nitrogens with zero attached hydrogens (tertiary/aromatic N) is 2. The average Bonchev–Trinajstić information content (AvgIpc) is 2.51. The molecule has 0 amide bonds. The van der Waals surface area contributed by atoms with E-state index in [2.05, 4.69) is 11.9 Å². The van der Waals surface area contributed by atoms with E-state index < -0.39 is 0 Å². The van der Waals surface area contributed by atoms with Gasteiger partial charge in [-0.05, 0) is 56.2 Å². The highest BCUT2D eigenvalue weighted by Crippen LogP contribution is 2.32. The zero-order valence-electron chi connectivity index (χ0n) is 13.4. The third-order valence-corrected chi connectivity index (χ3v) is 3.44. The first-order valence-electron chi connectivity index (χ1n) is 7.29. The quantitative estimate of drug-likeness (QED) is 0.582. The van der Waals surface area contributed by atoms with Gasteiger partial charge in [0.15, 0.2) is 11.6 Å². The summed E-state index contributed by atoms with van der Waals surface area (Å²) in [5.74, 6) is 0.503. The summed E-state index contributed by atoms with van der Waals surface area (Å²) in [5, 5.41) is 0. The van der Waals surface area contributed by atoms with E-state index in [-0.39, 0.29) is 11.6 Å². The second-order valence-electron chi connectivity index (χ2n) is 5.25. The van der Waals surface area contributed by atoms with Gasteiger partial charge in [0.2, 0.25) is 0 Å². The van der Waals surface area contributed by atoms with Crippen molar-refractivity contribution in [1.29, 1.82) is 0 Å². The third kappa shape index (κ3) is 3.85. The molecule has 0 aliphatic heterocycles. The van der Waals surface area contributed by atoms with E-state index in [0.717, 1.165) is 23.4 Å². The molecule has 0 N–H and O–H groups in total. The molecule has 2 aromatic carbocycles. The van der Waals surface area contributed by atoms with E-state index in [1.54, 1.807) is 24.5 Å². The molecule has 0 saturated heterocycles. The van der Waals surface area contributed by atoms with Gasteiger partial charge >= 0.3 is 0 Å². The van der Waals surface area contributed by atoms with E-state index >= 15 is 0 Å².